The molecule has 0 aliphatic carbocycles. The van der Waals surface area contributed by atoms with Gasteiger partial charge in [-0.25, -0.2) is 0 Å². The summed E-state index contributed by atoms with van der Waals surface area (Å²) in [7, 11) is 0. The molecule has 0 amide bonds. The molecule has 1 aromatic rings. The maximum atomic E-state index is 11.0. The predicted molar refractivity (Wildman–Crippen MR) is 81.5 cm³/mol. The molecular weight excluding hydrogens is 268 g/mol. The quantitative estimate of drug-likeness (QED) is 0.629. The Kier molecular flexibility index (Phi) is 5.70. The van der Waals surface area contributed by atoms with Gasteiger partial charge in [0, 0.05) is 13.8 Å². The second kappa shape index (κ2) is 7.07. The number of ether oxygens (including phenoxy) is 2. The number of rotatable bonds is 4. The minimum absolute atomic E-state index is 0.0975. The molecule has 0 aromatic heterocycles. The van der Waals surface area contributed by atoms with Crippen LogP contribution in [0.3, 0.4) is 0 Å². The lowest BCUT2D eigenvalue weighted by atomic mass is 9.87. The van der Waals surface area contributed by atoms with Crippen molar-refractivity contribution < 1.29 is 19.1 Å². The van der Waals surface area contributed by atoms with Crippen molar-refractivity contribution in [1.82, 2.24) is 0 Å². The molecule has 0 fully saturated rings. The molecule has 1 aromatic carbocycles. The highest BCUT2D eigenvalue weighted by Gasteiger charge is 2.13. The van der Waals surface area contributed by atoms with E-state index in [-0.39, 0.29) is 5.41 Å². The summed E-state index contributed by atoms with van der Waals surface area (Å²) >= 11 is 0. The third-order valence-electron chi connectivity index (χ3n) is 2.79. The van der Waals surface area contributed by atoms with E-state index in [1.807, 2.05) is 24.3 Å². The molecule has 21 heavy (non-hydrogen) atoms. The van der Waals surface area contributed by atoms with Gasteiger partial charge in [-0.05, 0) is 22.6 Å². The van der Waals surface area contributed by atoms with E-state index in [4.69, 9.17) is 9.47 Å². The number of carbonyl (C=O) groups is 2. The molecule has 0 spiro atoms. The van der Waals surface area contributed by atoms with Gasteiger partial charge in [0.2, 0.25) is 0 Å². The summed E-state index contributed by atoms with van der Waals surface area (Å²) in [4.78, 5) is 21.9. The maximum absolute atomic E-state index is 11.0. The van der Waals surface area contributed by atoms with Gasteiger partial charge in [0.25, 0.3) is 6.29 Å². The Bertz CT molecular complexity index is 505. The summed E-state index contributed by atoms with van der Waals surface area (Å²) in [6, 6.07) is 8.03. The van der Waals surface area contributed by atoms with Gasteiger partial charge in [-0.1, -0.05) is 51.1 Å². The molecule has 0 saturated carbocycles. The Balaban J connectivity index is 2.80. The van der Waals surface area contributed by atoms with Crippen molar-refractivity contribution in [3.63, 3.8) is 0 Å². The first kappa shape index (κ1) is 17.0. The number of hydrogen-bond acceptors (Lipinski definition) is 4. The third-order valence-corrected chi connectivity index (χ3v) is 2.79. The van der Waals surface area contributed by atoms with Gasteiger partial charge in [-0.2, -0.15) is 0 Å². The Morgan fingerprint density at radius 2 is 1.48 bits per heavy atom. The summed E-state index contributed by atoms with van der Waals surface area (Å²) in [5, 5.41) is 0. The van der Waals surface area contributed by atoms with E-state index in [9.17, 15) is 9.59 Å². The zero-order valence-corrected chi connectivity index (χ0v) is 13.2. The second-order valence-electron chi connectivity index (χ2n) is 5.82. The molecule has 0 saturated heterocycles. The monoisotopic (exact) mass is 290 g/mol. The molecule has 0 unspecified atom stereocenters. The first-order valence-corrected chi connectivity index (χ1v) is 6.81. The zero-order chi connectivity index (χ0) is 16.0. The fraction of sp³-hybridized carbons (Fsp3) is 0.412. The van der Waals surface area contributed by atoms with Crippen LogP contribution in [0.15, 0.2) is 30.3 Å². The fourth-order valence-electron chi connectivity index (χ4n) is 1.71. The topological polar surface area (TPSA) is 52.6 Å². The fourth-order valence-corrected chi connectivity index (χ4v) is 1.71. The van der Waals surface area contributed by atoms with Gasteiger partial charge in [0.15, 0.2) is 0 Å². The molecule has 1 rings (SSSR count). The number of benzene rings is 1. The van der Waals surface area contributed by atoms with Crippen LogP contribution in [-0.2, 0) is 24.5 Å². The van der Waals surface area contributed by atoms with E-state index in [1.165, 1.54) is 25.5 Å². The lowest BCUT2D eigenvalue weighted by Crippen LogP contribution is -2.19. The molecule has 0 N–H and O–H groups in total. The molecule has 0 aliphatic heterocycles. The van der Waals surface area contributed by atoms with Gasteiger partial charge < -0.3 is 9.47 Å². The smallest absolute Gasteiger partial charge is 0.305 e. The van der Waals surface area contributed by atoms with Crippen LogP contribution in [0.5, 0.6) is 0 Å². The average molecular weight is 290 g/mol. The zero-order valence-electron chi connectivity index (χ0n) is 13.2. The van der Waals surface area contributed by atoms with Crippen LogP contribution in [0, 0.1) is 0 Å². The average Bonchev–Trinajstić information content (AvgIpc) is 2.34. The lowest BCUT2D eigenvalue weighted by molar-refractivity contribution is -0.176. The molecule has 4 nitrogen and oxygen atoms in total. The van der Waals surface area contributed by atoms with E-state index in [0.717, 1.165) is 5.56 Å². The Morgan fingerprint density at radius 3 is 1.86 bits per heavy atom. The molecule has 0 heterocycles. The first-order valence-electron chi connectivity index (χ1n) is 6.81. The van der Waals surface area contributed by atoms with Crippen molar-refractivity contribution in [2.24, 2.45) is 0 Å². The number of esters is 2. The molecule has 4 heteroatoms. The van der Waals surface area contributed by atoms with Crippen LogP contribution in [0.2, 0.25) is 0 Å². The summed E-state index contributed by atoms with van der Waals surface area (Å²) in [5.74, 6) is -1.01. The number of hydrogen-bond donors (Lipinski definition) is 0. The SMILES string of the molecule is CC(=O)OC(/C=C/c1ccc(C(C)(C)C)cc1)OC(C)=O. The van der Waals surface area contributed by atoms with E-state index in [2.05, 4.69) is 20.8 Å². The second-order valence-corrected chi connectivity index (χ2v) is 5.82. The van der Waals surface area contributed by atoms with Crippen LogP contribution >= 0.6 is 0 Å². The van der Waals surface area contributed by atoms with Gasteiger partial charge in [0.1, 0.15) is 0 Å². The van der Waals surface area contributed by atoms with E-state index in [0.29, 0.717) is 0 Å². The van der Waals surface area contributed by atoms with Crippen molar-refractivity contribution >= 4 is 18.0 Å². The first-order chi connectivity index (χ1) is 9.68. The maximum Gasteiger partial charge on any atom is 0.305 e. The van der Waals surface area contributed by atoms with Gasteiger partial charge in [0.05, 0.1) is 0 Å². The molecule has 0 radical (unpaired) electrons. The predicted octanol–water partition coefficient (Wildman–Crippen LogP) is 3.45. The summed E-state index contributed by atoms with van der Waals surface area (Å²) < 4.78 is 9.78. The summed E-state index contributed by atoms with van der Waals surface area (Å²) in [6.07, 6.45) is 2.29. The highest BCUT2D eigenvalue weighted by atomic mass is 16.7. The molecule has 0 aliphatic rings. The summed E-state index contributed by atoms with van der Waals surface area (Å²) in [6.45, 7) is 8.98. The van der Waals surface area contributed by atoms with Gasteiger partial charge in [-0.15, -0.1) is 0 Å². The number of carbonyl (C=O) groups excluding carboxylic acids is 2. The van der Waals surface area contributed by atoms with Crippen molar-refractivity contribution in [3.8, 4) is 0 Å². The van der Waals surface area contributed by atoms with Crippen LogP contribution in [-0.4, -0.2) is 18.2 Å². The Hall–Kier alpha value is -2.10. The molecule has 0 bridgehead atoms. The van der Waals surface area contributed by atoms with Crippen molar-refractivity contribution in [2.45, 2.75) is 46.3 Å². The lowest BCUT2D eigenvalue weighted by Gasteiger charge is -2.18. The minimum Gasteiger partial charge on any atom is -0.421 e. The van der Waals surface area contributed by atoms with Crippen molar-refractivity contribution in [3.05, 3.63) is 41.5 Å². The Labute approximate surface area is 125 Å². The van der Waals surface area contributed by atoms with E-state index < -0.39 is 18.2 Å². The highest BCUT2D eigenvalue weighted by molar-refractivity contribution is 5.68. The van der Waals surface area contributed by atoms with Crippen molar-refractivity contribution in [2.75, 3.05) is 0 Å². The molecule has 0 atom stereocenters. The molecule has 114 valence electrons. The van der Waals surface area contributed by atoms with Crippen molar-refractivity contribution in [1.29, 1.82) is 0 Å². The largest absolute Gasteiger partial charge is 0.421 e. The van der Waals surface area contributed by atoms with E-state index in [1.54, 1.807) is 6.08 Å². The van der Waals surface area contributed by atoms with Crippen LogP contribution in [0.4, 0.5) is 0 Å². The van der Waals surface area contributed by atoms with Crippen LogP contribution in [0.25, 0.3) is 6.08 Å². The third kappa shape index (κ3) is 6.25. The minimum atomic E-state index is -0.998. The molecular formula is C17H22O4. The van der Waals surface area contributed by atoms with Gasteiger partial charge >= 0.3 is 11.9 Å². The standard InChI is InChI=1S/C17H22O4/c1-12(18)20-16(21-13(2)19)11-8-14-6-9-15(10-7-14)17(3,4)5/h6-11,16H,1-5H3/b11-8+. The van der Waals surface area contributed by atoms with Crippen LogP contribution in [0.1, 0.15) is 45.7 Å². The summed E-state index contributed by atoms with van der Waals surface area (Å²) in [5.41, 5.74) is 2.27. The van der Waals surface area contributed by atoms with E-state index >= 15 is 0 Å². The Morgan fingerprint density at radius 1 is 1.00 bits per heavy atom. The van der Waals surface area contributed by atoms with Gasteiger partial charge in [-0.3, -0.25) is 9.59 Å². The van der Waals surface area contributed by atoms with Crippen LogP contribution < -0.4 is 0 Å². The normalized spacial score (nSPS) is 11.7. The highest BCUT2D eigenvalue weighted by Crippen LogP contribution is 2.22.